The van der Waals surface area contributed by atoms with E-state index in [-0.39, 0.29) is 22.8 Å². The molecule has 0 amide bonds. The average molecular weight is 529 g/mol. The molecule has 1 aromatic carbocycles. The van der Waals surface area contributed by atoms with E-state index in [1.165, 1.54) is 77.0 Å². The van der Waals surface area contributed by atoms with Crippen molar-refractivity contribution >= 4 is 5.76 Å². The molecule has 3 rings (SSSR count). The van der Waals surface area contributed by atoms with E-state index in [0.717, 1.165) is 29.6 Å². The fourth-order valence-electron chi connectivity index (χ4n) is 4.29. The minimum Gasteiger partial charge on any atom is -0.875 e. The molecule has 2 aliphatic carbocycles. The summed E-state index contributed by atoms with van der Waals surface area (Å²) < 4.78 is 0. The van der Waals surface area contributed by atoms with Crippen molar-refractivity contribution in [1.82, 2.24) is 0 Å². The summed E-state index contributed by atoms with van der Waals surface area (Å²) >= 11 is 0. The standard InChI is InChI=1S/C21H36O.C12H10O.Fe/c1-2-3-4-5-6-7-8-9-10-11-12-13-14-19-21(22)20-17-15-16-18-20;13-12(11-8-4-5-9-11)10-6-2-1-3-7-10;/h15-18,22H,2-14,19H2,1H3;1-9,13H;/q;;+2/p-2. The zero-order valence-electron chi connectivity index (χ0n) is 22.1. The van der Waals surface area contributed by atoms with E-state index in [2.05, 4.69) is 6.92 Å². The topological polar surface area (TPSA) is 46.1 Å². The number of allylic oxidation sites excluding steroid dienone is 11. The van der Waals surface area contributed by atoms with E-state index in [4.69, 9.17) is 0 Å². The predicted molar refractivity (Wildman–Crippen MR) is 147 cm³/mol. The Morgan fingerprint density at radius 1 is 0.556 bits per heavy atom. The van der Waals surface area contributed by atoms with Crippen molar-refractivity contribution in [3.63, 3.8) is 0 Å². The van der Waals surface area contributed by atoms with Gasteiger partial charge in [0.2, 0.25) is 0 Å². The maximum Gasteiger partial charge on any atom is 2.00 e. The quantitative estimate of drug-likeness (QED) is 0.131. The Labute approximate surface area is 230 Å². The Hall–Kier alpha value is -2.22. The van der Waals surface area contributed by atoms with Crippen molar-refractivity contribution in [2.45, 2.75) is 96.8 Å². The third-order valence-corrected chi connectivity index (χ3v) is 6.45. The van der Waals surface area contributed by atoms with Crippen LogP contribution in [0.4, 0.5) is 0 Å². The van der Waals surface area contributed by atoms with Gasteiger partial charge >= 0.3 is 17.1 Å². The molecule has 1 aromatic rings. The molecule has 0 spiro atoms. The second-order valence-electron chi connectivity index (χ2n) is 9.46. The first kappa shape index (κ1) is 31.8. The van der Waals surface area contributed by atoms with E-state index in [9.17, 15) is 10.2 Å². The molecule has 0 saturated carbocycles. The fraction of sp³-hybridized carbons (Fsp3) is 0.455. The molecular weight excluding hydrogens is 484 g/mol. The molecule has 0 unspecified atom stereocenters. The minimum absolute atomic E-state index is 0. The van der Waals surface area contributed by atoms with Gasteiger partial charge in [0.25, 0.3) is 0 Å². The molecule has 36 heavy (non-hydrogen) atoms. The van der Waals surface area contributed by atoms with Gasteiger partial charge in [-0.05, 0) is 23.1 Å². The average Bonchev–Trinajstić information content (AvgIpc) is 3.62. The van der Waals surface area contributed by atoms with Crippen LogP contribution in [0, 0.1) is 0 Å². The van der Waals surface area contributed by atoms with Gasteiger partial charge in [-0.15, -0.1) is 5.76 Å². The second kappa shape index (κ2) is 20.9. The number of hydrogen-bond donors (Lipinski definition) is 0. The number of unbranched alkanes of at least 4 members (excludes halogenated alkanes) is 12. The third kappa shape index (κ3) is 13.8. The largest absolute Gasteiger partial charge is 2.00 e. The smallest absolute Gasteiger partial charge is 0.875 e. The Balaban J connectivity index is 0.000000392. The third-order valence-electron chi connectivity index (χ3n) is 6.45. The van der Waals surface area contributed by atoms with Gasteiger partial charge in [0.05, 0.1) is 0 Å². The Kier molecular flexibility index (Phi) is 18.5. The van der Waals surface area contributed by atoms with Crippen molar-refractivity contribution in [1.29, 1.82) is 0 Å². The Morgan fingerprint density at radius 3 is 1.44 bits per heavy atom. The summed E-state index contributed by atoms with van der Waals surface area (Å²) in [6.07, 6.45) is 33.4. The molecule has 0 radical (unpaired) electrons. The van der Waals surface area contributed by atoms with Crippen LogP contribution >= 0.6 is 0 Å². The monoisotopic (exact) mass is 528 g/mol. The van der Waals surface area contributed by atoms with Gasteiger partial charge in [-0.1, -0.05) is 175 Å². The van der Waals surface area contributed by atoms with Gasteiger partial charge < -0.3 is 10.2 Å². The SMILES string of the molecule is CCCCCCCCCCCCCCCC([O-])=C1C=CC=C1.[Fe+2].[O-]C(=C1C=CC=C1)c1ccccc1. The molecule has 2 aliphatic rings. The van der Waals surface area contributed by atoms with E-state index in [1.54, 1.807) is 0 Å². The van der Waals surface area contributed by atoms with Gasteiger partial charge in [-0.3, -0.25) is 0 Å². The Bertz CT molecular complexity index is 860. The van der Waals surface area contributed by atoms with E-state index in [1.807, 2.05) is 78.9 Å². The summed E-state index contributed by atoms with van der Waals surface area (Å²) in [5, 5.41) is 23.5. The van der Waals surface area contributed by atoms with Crippen molar-refractivity contribution in [3.05, 3.63) is 101 Å². The molecule has 0 heterocycles. The summed E-state index contributed by atoms with van der Waals surface area (Å²) in [5.41, 5.74) is 2.39. The number of hydrogen-bond acceptors (Lipinski definition) is 2. The summed E-state index contributed by atoms with van der Waals surface area (Å²) in [6, 6.07) is 9.30. The molecule has 196 valence electrons. The first-order valence-corrected chi connectivity index (χ1v) is 13.8. The van der Waals surface area contributed by atoms with Crippen LogP contribution in [0.25, 0.3) is 5.76 Å². The summed E-state index contributed by atoms with van der Waals surface area (Å²) in [6.45, 7) is 2.28. The molecule has 0 fully saturated rings. The van der Waals surface area contributed by atoms with Crippen LogP contribution in [0.1, 0.15) is 102 Å². The maximum absolute atomic E-state index is 11.8. The zero-order chi connectivity index (χ0) is 25.0. The van der Waals surface area contributed by atoms with E-state index >= 15 is 0 Å². The van der Waals surface area contributed by atoms with Gasteiger partial charge in [0.1, 0.15) is 0 Å². The first-order valence-electron chi connectivity index (χ1n) is 13.8. The molecule has 0 aromatic heterocycles. The summed E-state index contributed by atoms with van der Waals surface area (Å²) in [7, 11) is 0. The van der Waals surface area contributed by atoms with Crippen LogP contribution in [-0.4, -0.2) is 0 Å². The molecule has 0 bridgehead atoms. The van der Waals surface area contributed by atoms with Crippen LogP contribution in [0.15, 0.2) is 95.8 Å². The number of rotatable bonds is 15. The van der Waals surface area contributed by atoms with Crippen LogP contribution in [0.2, 0.25) is 0 Å². The Morgan fingerprint density at radius 2 is 0.972 bits per heavy atom. The van der Waals surface area contributed by atoms with Crippen molar-refractivity contribution in [2.75, 3.05) is 0 Å². The van der Waals surface area contributed by atoms with Crippen LogP contribution in [0.3, 0.4) is 0 Å². The van der Waals surface area contributed by atoms with Crippen molar-refractivity contribution in [2.24, 2.45) is 0 Å². The zero-order valence-corrected chi connectivity index (χ0v) is 23.2. The first-order chi connectivity index (χ1) is 17.2. The van der Waals surface area contributed by atoms with Gasteiger partial charge in [0, 0.05) is 0 Å². The maximum atomic E-state index is 11.8. The van der Waals surface area contributed by atoms with Gasteiger partial charge in [0.15, 0.2) is 0 Å². The molecule has 0 N–H and O–H groups in total. The molecule has 2 nitrogen and oxygen atoms in total. The predicted octanol–water partition coefficient (Wildman–Crippen LogP) is 8.09. The van der Waals surface area contributed by atoms with Crippen LogP contribution in [0.5, 0.6) is 0 Å². The van der Waals surface area contributed by atoms with Crippen LogP contribution < -0.4 is 10.2 Å². The molecule has 0 atom stereocenters. The van der Waals surface area contributed by atoms with E-state index in [0.29, 0.717) is 5.76 Å². The van der Waals surface area contributed by atoms with Gasteiger partial charge in [-0.2, -0.15) is 0 Å². The molecule has 3 heteroatoms. The molecular formula is C33H44FeO2. The minimum atomic E-state index is 0. The summed E-state index contributed by atoms with van der Waals surface area (Å²) in [5.74, 6) is 0.402. The number of benzene rings is 1. The molecule has 0 aliphatic heterocycles. The fourth-order valence-corrected chi connectivity index (χ4v) is 4.29. The van der Waals surface area contributed by atoms with Crippen molar-refractivity contribution < 1.29 is 27.3 Å². The van der Waals surface area contributed by atoms with Gasteiger partial charge in [-0.25, -0.2) is 0 Å². The van der Waals surface area contributed by atoms with Crippen LogP contribution in [-0.2, 0) is 17.1 Å². The molecule has 0 saturated heterocycles. The second-order valence-corrected chi connectivity index (χ2v) is 9.46. The van der Waals surface area contributed by atoms with E-state index < -0.39 is 0 Å². The summed E-state index contributed by atoms with van der Waals surface area (Å²) in [4.78, 5) is 0. The normalized spacial score (nSPS) is 13.0. The van der Waals surface area contributed by atoms with Crippen molar-refractivity contribution in [3.8, 4) is 0 Å².